The first kappa shape index (κ1) is 19.6. The molecular formula is C26H26N2O3. The van der Waals surface area contributed by atoms with E-state index < -0.39 is 0 Å². The fourth-order valence-electron chi connectivity index (χ4n) is 4.38. The van der Waals surface area contributed by atoms with Crippen LogP contribution >= 0.6 is 0 Å². The van der Waals surface area contributed by atoms with Gasteiger partial charge < -0.3 is 14.8 Å². The Hall–Kier alpha value is -3.31. The molecule has 31 heavy (non-hydrogen) atoms. The van der Waals surface area contributed by atoms with E-state index in [0.29, 0.717) is 24.8 Å². The first-order chi connectivity index (χ1) is 15.3. The van der Waals surface area contributed by atoms with E-state index in [1.165, 1.54) is 17.5 Å². The van der Waals surface area contributed by atoms with Gasteiger partial charge in [0.1, 0.15) is 13.2 Å². The summed E-state index contributed by atoms with van der Waals surface area (Å²) in [5, 5.41) is 2.93. The number of carbonyl (C=O) groups excluding carboxylic acids is 1. The Morgan fingerprint density at radius 1 is 0.935 bits per heavy atom. The number of nitrogens with one attached hydrogen (secondary N) is 1. The van der Waals surface area contributed by atoms with Crippen molar-refractivity contribution < 1.29 is 14.3 Å². The third-order valence-corrected chi connectivity index (χ3v) is 5.95. The molecule has 1 unspecified atom stereocenters. The standard InChI is InChI=1S/C26H26N2O3/c29-26(27-22-5-2-1-3-6-22)20-10-8-19(9-11-20)18-28-14-4-7-23(28)21-12-13-24-25(17-21)31-16-15-30-24/h1-3,5-6,8-13,17,23H,4,7,14-16,18H2,(H,27,29). The van der Waals surface area contributed by atoms with Gasteiger partial charge in [0.2, 0.25) is 0 Å². The maximum atomic E-state index is 12.5. The first-order valence-electron chi connectivity index (χ1n) is 10.9. The van der Waals surface area contributed by atoms with Gasteiger partial charge in [0.05, 0.1) is 0 Å². The van der Waals surface area contributed by atoms with Gasteiger partial charge in [0.15, 0.2) is 11.5 Å². The zero-order chi connectivity index (χ0) is 21.0. The maximum absolute atomic E-state index is 12.5. The number of hydrogen-bond acceptors (Lipinski definition) is 4. The van der Waals surface area contributed by atoms with Gasteiger partial charge in [-0.2, -0.15) is 0 Å². The molecule has 2 aliphatic rings. The minimum absolute atomic E-state index is 0.0897. The molecular weight excluding hydrogens is 388 g/mol. The molecule has 2 heterocycles. The molecule has 0 saturated carbocycles. The van der Waals surface area contributed by atoms with Gasteiger partial charge in [-0.1, -0.05) is 36.4 Å². The minimum atomic E-state index is -0.0897. The first-order valence-corrected chi connectivity index (χ1v) is 10.9. The molecule has 1 saturated heterocycles. The second-order valence-corrected chi connectivity index (χ2v) is 8.05. The predicted molar refractivity (Wildman–Crippen MR) is 121 cm³/mol. The Morgan fingerprint density at radius 2 is 1.71 bits per heavy atom. The highest BCUT2D eigenvalue weighted by Gasteiger charge is 2.27. The van der Waals surface area contributed by atoms with E-state index in [-0.39, 0.29) is 5.91 Å². The van der Waals surface area contributed by atoms with E-state index in [1.54, 1.807) is 0 Å². The van der Waals surface area contributed by atoms with E-state index >= 15 is 0 Å². The van der Waals surface area contributed by atoms with Crippen molar-refractivity contribution in [3.63, 3.8) is 0 Å². The van der Waals surface area contributed by atoms with Gasteiger partial charge >= 0.3 is 0 Å². The Labute approximate surface area is 182 Å². The van der Waals surface area contributed by atoms with E-state index in [1.807, 2.05) is 48.5 Å². The van der Waals surface area contributed by atoms with E-state index in [2.05, 4.69) is 34.5 Å². The van der Waals surface area contributed by atoms with Crippen molar-refractivity contribution in [3.05, 3.63) is 89.5 Å². The number of rotatable bonds is 5. The highest BCUT2D eigenvalue weighted by atomic mass is 16.6. The second-order valence-electron chi connectivity index (χ2n) is 8.05. The molecule has 0 spiro atoms. The summed E-state index contributed by atoms with van der Waals surface area (Å²) in [6, 6.07) is 24.1. The number of para-hydroxylation sites is 1. The van der Waals surface area contributed by atoms with Crippen molar-refractivity contribution in [2.24, 2.45) is 0 Å². The molecule has 0 bridgehead atoms. The number of carbonyl (C=O) groups is 1. The molecule has 2 aliphatic heterocycles. The van der Waals surface area contributed by atoms with Crippen LogP contribution in [0.2, 0.25) is 0 Å². The highest BCUT2D eigenvalue weighted by Crippen LogP contribution is 2.38. The quantitative estimate of drug-likeness (QED) is 0.635. The fourth-order valence-corrected chi connectivity index (χ4v) is 4.38. The van der Waals surface area contributed by atoms with Crippen LogP contribution in [0.1, 0.15) is 40.4 Å². The van der Waals surface area contributed by atoms with E-state index in [9.17, 15) is 4.79 Å². The zero-order valence-corrected chi connectivity index (χ0v) is 17.4. The summed E-state index contributed by atoms with van der Waals surface area (Å²) in [4.78, 5) is 15.0. The Balaban J connectivity index is 1.25. The lowest BCUT2D eigenvalue weighted by atomic mass is 10.0. The number of amides is 1. The van der Waals surface area contributed by atoms with Crippen LogP contribution in [-0.4, -0.2) is 30.6 Å². The summed E-state index contributed by atoms with van der Waals surface area (Å²) >= 11 is 0. The number of benzene rings is 3. The van der Waals surface area contributed by atoms with Crippen LogP contribution in [0.25, 0.3) is 0 Å². The SMILES string of the molecule is O=C(Nc1ccccc1)c1ccc(CN2CCCC2c2ccc3c(c2)OCCO3)cc1. The summed E-state index contributed by atoms with van der Waals surface area (Å²) in [6.45, 7) is 3.14. The summed E-state index contributed by atoms with van der Waals surface area (Å²) in [5.41, 5.74) is 3.95. The average Bonchev–Trinajstić information content (AvgIpc) is 3.28. The fraction of sp³-hybridized carbons (Fsp3) is 0.269. The number of ether oxygens (including phenoxy) is 2. The molecule has 1 amide bonds. The van der Waals surface area contributed by atoms with Crippen LogP contribution in [-0.2, 0) is 6.54 Å². The van der Waals surface area contributed by atoms with Crippen LogP contribution in [0.4, 0.5) is 5.69 Å². The third-order valence-electron chi connectivity index (χ3n) is 5.95. The molecule has 0 radical (unpaired) electrons. The molecule has 158 valence electrons. The van der Waals surface area contributed by atoms with Gasteiger partial charge in [0, 0.05) is 23.8 Å². The summed E-state index contributed by atoms with van der Waals surface area (Å²) in [5.74, 6) is 1.60. The lowest BCUT2D eigenvalue weighted by Crippen LogP contribution is -2.23. The summed E-state index contributed by atoms with van der Waals surface area (Å²) in [6.07, 6.45) is 2.31. The molecule has 1 atom stereocenters. The maximum Gasteiger partial charge on any atom is 0.255 e. The van der Waals surface area contributed by atoms with Crippen LogP contribution in [0.5, 0.6) is 11.5 Å². The predicted octanol–water partition coefficient (Wildman–Crippen LogP) is 5.05. The Bertz CT molecular complexity index is 1050. The van der Waals surface area contributed by atoms with Crippen molar-refractivity contribution in [1.29, 1.82) is 0 Å². The molecule has 0 aliphatic carbocycles. The molecule has 1 N–H and O–H groups in total. The van der Waals surface area contributed by atoms with Gasteiger partial charge in [-0.05, 0) is 66.9 Å². The summed E-state index contributed by atoms with van der Waals surface area (Å²) < 4.78 is 11.4. The molecule has 5 heteroatoms. The largest absolute Gasteiger partial charge is 0.486 e. The smallest absolute Gasteiger partial charge is 0.255 e. The lowest BCUT2D eigenvalue weighted by Gasteiger charge is -2.26. The molecule has 3 aromatic carbocycles. The molecule has 3 aromatic rings. The zero-order valence-electron chi connectivity index (χ0n) is 17.4. The Kier molecular flexibility index (Phi) is 5.59. The topological polar surface area (TPSA) is 50.8 Å². The van der Waals surface area contributed by atoms with Gasteiger partial charge in [-0.15, -0.1) is 0 Å². The number of fused-ring (bicyclic) bond motifs is 1. The molecule has 5 rings (SSSR count). The van der Waals surface area contributed by atoms with Crippen LogP contribution in [0.3, 0.4) is 0 Å². The van der Waals surface area contributed by atoms with Crippen molar-refractivity contribution >= 4 is 11.6 Å². The molecule has 5 nitrogen and oxygen atoms in total. The second kappa shape index (κ2) is 8.82. The average molecular weight is 415 g/mol. The highest BCUT2D eigenvalue weighted by molar-refractivity contribution is 6.04. The minimum Gasteiger partial charge on any atom is -0.486 e. The van der Waals surface area contributed by atoms with E-state index in [4.69, 9.17) is 9.47 Å². The molecule has 0 aromatic heterocycles. The van der Waals surface area contributed by atoms with E-state index in [0.717, 1.165) is 36.7 Å². The number of likely N-dealkylation sites (tertiary alicyclic amines) is 1. The monoisotopic (exact) mass is 414 g/mol. The van der Waals surface area contributed by atoms with Gasteiger partial charge in [-0.3, -0.25) is 9.69 Å². The number of hydrogen-bond donors (Lipinski definition) is 1. The van der Waals surface area contributed by atoms with Crippen LogP contribution < -0.4 is 14.8 Å². The van der Waals surface area contributed by atoms with Gasteiger partial charge in [-0.25, -0.2) is 0 Å². The van der Waals surface area contributed by atoms with Crippen LogP contribution in [0.15, 0.2) is 72.8 Å². The van der Waals surface area contributed by atoms with Crippen molar-refractivity contribution in [1.82, 2.24) is 4.90 Å². The van der Waals surface area contributed by atoms with Crippen molar-refractivity contribution in [3.8, 4) is 11.5 Å². The van der Waals surface area contributed by atoms with Crippen LogP contribution in [0, 0.1) is 0 Å². The molecule has 1 fully saturated rings. The number of anilines is 1. The summed E-state index contributed by atoms with van der Waals surface area (Å²) in [7, 11) is 0. The Morgan fingerprint density at radius 3 is 2.52 bits per heavy atom. The normalized spacial score (nSPS) is 18.0. The number of nitrogens with zero attached hydrogens (tertiary/aromatic N) is 1. The third kappa shape index (κ3) is 4.42. The lowest BCUT2D eigenvalue weighted by molar-refractivity contribution is 0.102. The van der Waals surface area contributed by atoms with Gasteiger partial charge in [0.25, 0.3) is 5.91 Å². The van der Waals surface area contributed by atoms with Crippen molar-refractivity contribution in [2.45, 2.75) is 25.4 Å². The van der Waals surface area contributed by atoms with Crippen molar-refractivity contribution in [2.75, 3.05) is 25.1 Å².